The first-order chi connectivity index (χ1) is 12.9. The van der Waals surface area contributed by atoms with E-state index < -0.39 is 24.0 Å². The molecule has 144 valence electrons. The molecule has 3 rings (SSSR count). The third-order valence-electron chi connectivity index (χ3n) is 4.17. The van der Waals surface area contributed by atoms with Gasteiger partial charge in [0.15, 0.2) is 0 Å². The lowest BCUT2D eigenvalue weighted by molar-refractivity contribution is -0.186. The third-order valence-corrected chi connectivity index (χ3v) is 5.09. The Morgan fingerprint density at radius 2 is 2.15 bits per heavy atom. The molecule has 1 atom stereocenters. The van der Waals surface area contributed by atoms with Crippen LogP contribution < -0.4 is 5.32 Å². The predicted octanol–water partition coefficient (Wildman–Crippen LogP) is 2.42. The molecule has 27 heavy (non-hydrogen) atoms. The van der Waals surface area contributed by atoms with Gasteiger partial charge in [-0.15, -0.1) is 11.3 Å². The number of halogens is 3. The highest BCUT2D eigenvalue weighted by Crippen LogP contribution is 2.26. The van der Waals surface area contributed by atoms with Crippen LogP contribution in [0.4, 0.5) is 13.2 Å². The number of rotatable bonds is 5. The van der Waals surface area contributed by atoms with E-state index in [-0.39, 0.29) is 19.5 Å². The Balaban J connectivity index is 1.52. The standard InChI is InChI=1S/C17H17F3N4O2S/c18-17(19,20)16(26)24-9-3-5-13(24)14(25)22-8-6-11-10-27-15(23-11)12-4-1-2-7-21-12/h1-2,4,7,10,13H,3,5-6,8-9H2,(H,22,25). The zero-order valence-electron chi connectivity index (χ0n) is 14.2. The molecule has 1 fully saturated rings. The van der Waals surface area contributed by atoms with Crippen LogP contribution in [0.3, 0.4) is 0 Å². The van der Waals surface area contributed by atoms with Crippen LogP contribution in [0, 0.1) is 0 Å². The molecular formula is C17H17F3N4O2S. The van der Waals surface area contributed by atoms with E-state index in [1.165, 1.54) is 11.3 Å². The number of likely N-dealkylation sites (tertiary alicyclic amines) is 1. The SMILES string of the molecule is O=C(NCCc1csc(-c2ccccn2)n1)C1CCCN1C(=O)C(F)(F)F. The molecular weight excluding hydrogens is 381 g/mol. The molecule has 0 aromatic carbocycles. The molecule has 0 bridgehead atoms. The van der Waals surface area contributed by atoms with Crippen LogP contribution in [0.1, 0.15) is 18.5 Å². The van der Waals surface area contributed by atoms with Gasteiger partial charge in [0.05, 0.1) is 11.4 Å². The second-order valence-electron chi connectivity index (χ2n) is 6.05. The van der Waals surface area contributed by atoms with Crippen molar-refractivity contribution in [2.24, 2.45) is 0 Å². The molecule has 3 heterocycles. The Bertz CT molecular complexity index is 810. The quantitative estimate of drug-likeness (QED) is 0.839. The summed E-state index contributed by atoms with van der Waals surface area (Å²) in [5.74, 6) is -2.52. The smallest absolute Gasteiger partial charge is 0.354 e. The molecule has 0 spiro atoms. The number of thiazole rings is 1. The number of aromatic nitrogens is 2. The zero-order valence-corrected chi connectivity index (χ0v) is 15.0. The van der Waals surface area contributed by atoms with Crippen LogP contribution in [-0.4, -0.2) is 52.0 Å². The summed E-state index contributed by atoms with van der Waals surface area (Å²) < 4.78 is 37.9. The van der Waals surface area contributed by atoms with E-state index in [2.05, 4.69) is 15.3 Å². The maximum Gasteiger partial charge on any atom is 0.471 e. The van der Waals surface area contributed by atoms with Gasteiger partial charge >= 0.3 is 12.1 Å². The van der Waals surface area contributed by atoms with Gasteiger partial charge < -0.3 is 10.2 Å². The summed E-state index contributed by atoms with van der Waals surface area (Å²) >= 11 is 1.43. The second-order valence-corrected chi connectivity index (χ2v) is 6.91. The molecule has 0 radical (unpaired) electrons. The first kappa shape index (κ1) is 19.3. The molecule has 2 aromatic rings. The average molecular weight is 398 g/mol. The van der Waals surface area contributed by atoms with E-state index in [1.807, 2.05) is 23.6 Å². The van der Waals surface area contributed by atoms with Crippen molar-refractivity contribution >= 4 is 23.2 Å². The Morgan fingerprint density at radius 1 is 1.33 bits per heavy atom. The molecule has 2 aromatic heterocycles. The van der Waals surface area contributed by atoms with Crippen molar-refractivity contribution in [2.75, 3.05) is 13.1 Å². The number of hydrogen-bond donors (Lipinski definition) is 1. The number of carbonyl (C=O) groups is 2. The van der Waals surface area contributed by atoms with E-state index in [9.17, 15) is 22.8 Å². The minimum Gasteiger partial charge on any atom is -0.354 e. The molecule has 1 N–H and O–H groups in total. The van der Waals surface area contributed by atoms with E-state index in [0.29, 0.717) is 17.7 Å². The van der Waals surface area contributed by atoms with Crippen molar-refractivity contribution < 1.29 is 22.8 Å². The van der Waals surface area contributed by atoms with Gasteiger partial charge in [-0.3, -0.25) is 14.6 Å². The van der Waals surface area contributed by atoms with Gasteiger partial charge in [-0.05, 0) is 25.0 Å². The van der Waals surface area contributed by atoms with Gasteiger partial charge in [-0.25, -0.2) is 4.98 Å². The van der Waals surface area contributed by atoms with E-state index in [4.69, 9.17) is 0 Å². The summed E-state index contributed by atoms with van der Waals surface area (Å²) in [4.78, 5) is 32.9. The topological polar surface area (TPSA) is 75.2 Å². The van der Waals surface area contributed by atoms with Gasteiger partial charge in [-0.1, -0.05) is 6.07 Å². The van der Waals surface area contributed by atoms with Crippen LogP contribution in [-0.2, 0) is 16.0 Å². The molecule has 1 aliphatic heterocycles. The number of alkyl halides is 3. The Kier molecular flexibility index (Phi) is 5.73. The Labute approximate surface area is 157 Å². The highest BCUT2D eigenvalue weighted by atomic mass is 32.1. The van der Waals surface area contributed by atoms with E-state index in [0.717, 1.165) is 16.4 Å². The molecule has 1 unspecified atom stereocenters. The van der Waals surface area contributed by atoms with E-state index >= 15 is 0 Å². The first-order valence-electron chi connectivity index (χ1n) is 8.37. The maximum absolute atomic E-state index is 12.6. The lowest BCUT2D eigenvalue weighted by atomic mass is 10.2. The minimum absolute atomic E-state index is 0.0596. The number of hydrogen-bond acceptors (Lipinski definition) is 5. The van der Waals surface area contributed by atoms with Gasteiger partial charge in [0.2, 0.25) is 5.91 Å². The number of pyridine rings is 1. The van der Waals surface area contributed by atoms with Crippen molar-refractivity contribution in [3.05, 3.63) is 35.5 Å². The highest BCUT2D eigenvalue weighted by molar-refractivity contribution is 7.13. The van der Waals surface area contributed by atoms with Crippen LogP contribution in [0.2, 0.25) is 0 Å². The molecule has 2 amide bonds. The number of nitrogens with zero attached hydrogens (tertiary/aromatic N) is 3. The number of nitrogens with one attached hydrogen (secondary N) is 1. The van der Waals surface area contributed by atoms with Crippen LogP contribution in [0.25, 0.3) is 10.7 Å². The number of carbonyl (C=O) groups excluding carboxylic acids is 2. The lowest BCUT2D eigenvalue weighted by Crippen LogP contribution is -2.50. The fraction of sp³-hybridized carbons (Fsp3) is 0.412. The van der Waals surface area contributed by atoms with Crippen molar-refractivity contribution in [2.45, 2.75) is 31.5 Å². The highest BCUT2D eigenvalue weighted by Gasteiger charge is 2.47. The lowest BCUT2D eigenvalue weighted by Gasteiger charge is -2.24. The molecule has 0 aliphatic carbocycles. The van der Waals surface area contributed by atoms with Gasteiger partial charge in [-0.2, -0.15) is 13.2 Å². The normalized spacial score (nSPS) is 17.1. The van der Waals surface area contributed by atoms with Crippen molar-refractivity contribution in [3.63, 3.8) is 0 Å². The van der Waals surface area contributed by atoms with Crippen LogP contribution in [0.5, 0.6) is 0 Å². The minimum atomic E-state index is -4.97. The predicted molar refractivity (Wildman–Crippen MR) is 92.8 cm³/mol. The molecule has 1 aliphatic rings. The monoisotopic (exact) mass is 398 g/mol. The summed E-state index contributed by atoms with van der Waals surface area (Å²) in [6.45, 7) is 0.171. The van der Waals surface area contributed by atoms with Gasteiger partial charge in [0, 0.05) is 31.1 Å². The summed E-state index contributed by atoms with van der Waals surface area (Å²) in [5, 5.41) is 5.22. The van der Waals surface area contributed by atoms with E-state index in [1.54, 1.807) is 6.20 Å². The summed E-state index contributed by atoms with van der Waals surface area (Å²) in [6.07, 6.45) is -2.25. The summed E-state index contributed by atoms with van der Waals surface area (Å²) in [5.41, 5.74) is 1.51. The van der Waals surface area contributed by atoms with Crippen molar-refractivity contribution in [1.82, 2.24) is 20.2 Å². The largest absolute Gasteiger partial charge is 0.471 e. The first-order valence-corrected chi connectivity index (χ1v) is 9.25. The maximum atomic E-state index is 12.6. The Hall–Kier alpha value is -2.49. The number of amides is 2. The summed E-state index contributed by atoms with van der Waals surface area (Å²) in [6, 6.07) is 4.44. The molecule has 0 saturated carbocycles. The van der Waals surface area contributed by atoms with Gasteiger partial charge in [0.1, 0.15) is 11.0 Å². The van der Waals surface area contributed by atoms with Gasteiger partial charge in [0.25, 0.3) is 0 Å². The third kappa shape index (κ3) is 4.62. The average Bonchev–Trinajstić information content (AvgIpc) is 3.30. The second kappa shape index (κ2) is 8.03. The van der Waals surface area contributed by atoms with Crippen molar-refractivity contribution in [3.8, 4) is 10.7 Å². The van der Waals surface area contributed by atoms with Crippen LogP contribution >= 0.6 is 11.3 Å². The Morgan fingerprint density at radius 3 is 2.85 bits per heavy atom. The fourth-order valence-electron chi connectivity index (χ4n) is 2.91. The summed E-state index contributed by atoms with van der Waals surface area (Å²) in [7, 11) is 0. The molecule has 6 nitrogen and oxygen atoms in total. The molecule has 1 saturated heterocycles. The fourth-order valence-corrected chi connectivity index (χ4v) is 3.74. The van der Waals surface area contributed by atoms with Crippen LogP contribution in [0.15, 0.2) is 29.8 Å². The molecule has 10 heteroatoms. The zero-order chi connectivity index (χ0) is 19.4. The van der Waals surface area contributed by atoms with Crippen molar-refractivity contribution in [1.29, 1.82) is 0 Å².